The SMILES string of the molecule is C#CCCCc1cc2c(cc1OCc1ccccc1)CC[C@@H]1[C@@H]2CC[C@]2(C)C(=O)CC[C@@H]12. The Morgan fingerprint density at radius 2 is 1.97 bits per heavy atom. The normalized spacial score (nSPS) is 28.4. The summed E-state index contributed by atoms with van der Waals surface area (Å²) in [6, 6.07) is 15.2. The van der Waals surface area contributed by atoms with Crippen molar-refractivity contribution in [3.05, 3.63) is 64.7 Å². The van der Waals surface area contributed by atoms with Crippen LogP contribution in [0.1, 0.15) is 80.0 Å². The summed E-state index contributed by atoms with van der Waals surface area (Å²) in [5, 5.41) is 0. The first kappa shape index (κ1) is 21.3. The minimum absolute atomic E-state index is 0.0625. The number of unbranched alkanes of at least 4 members (excludes halogenated alkanes) is 1. The molecule has 166 valence electrons. The highest BCUT2D eigenvalue weighted by Gasteiger charge is 2.54. The van der Waals surface area contributed by atoms with Gasteiger partial charge in [0.05, 0.1) is 0 Å². The number of carbonyl (C=O) groups is 1. The van der Waals surface area contributed by atoms with Crippen molar-refractivity contribution in [1.29, 1.82) is 0 Å². The Hall–Kier alpha value is -2.53. The Balaban J connectivity index is 1.43. The van der Waals surface area contributed by atoms with Crippen LogP contribution in [0.3, 0.4) is 0 Å². The van der Waals surface area contributed by atoms with Crippen molar-refractivity contribution in [2.75, 3.05) is 0 Å². The molecule has 0 heterocycles. The monoisotopic (exact) mass is 426 g/mol. The van der Waals surface area contributed by atoms with Gasteiger partial charge < -0.3 is 4.74 Å². The number of ketones is 1. The van der Waals surface area contributed by atoms with Crippen molar-refractivity contribution < 1.29 is 9.53 Å². The van der Waals surface area contributed by atoms with Gasteiger partial charge in [-0.3, -0.25) is 4.79 Å². The average molecular weight is 427 g/mol. The van der Waals surface area contributed by atoms with Crippen LogP contribution in [0.4, 0.5) is 0 Å². The standard InChI is InChI=1S/C30H34O2/c1-3-4-6-11-23-18-26-22(19-28(23)32-20-21-9-7-5-8-10-21)12-13-25-24(26)16-17-30(2)27(25)14-15-29(30)31/h1,5,7-10,18-19,24-25,27H,4,6,11-17,20H2,2H3/t24-,25+,27-,30-/m0/s1. The Morgan fingerprint density at radius 3 is 2.78 bits per heavy atom. The Bertz CT molecular complexity index is 1030. The van der Waals surface area contributed by atoms with Gasteiger partial charge in [0.25, 0.3) is 0 Å². The first-order valence-corrected chi connectivity index (χ1v) is 12.4. The summed E-state index contributed by atoms with van der Waals surface area (Å²) in [5.74, 6) is 6.15. The Morgan fingerprint density at radius 1 is 1.12 bits per heavy atom. The largest absolute Gasteiger partial charge is 0.489 e. The van der Waals surface area contributed by atoms with Gasteiger partial charge in [0, 0.05) is 18.3 Å². The van der Waals surface area contributed by atoms with Crippen molar-refractivity contribution in [1.82, 2.24) is 0 Å². The lowest BCUT2D eigenvalue weighted by Gasteiger charge is -2.48. The van der Waals surface area contributed by atoms with Crippen molar-refractivity contribution in [2.45, 2.75) is 77.2 Å². The molecule has 0 saturated heterocycles. The number of aryl methyl sites for hydroxylation is 2. The molecular weight excluding hydrogens is 392 g/mol. The number of hydrogen-bond donors (Lipinski definition) is 0. The van der Waals surface area contributed by atoms with Gasteiger partial charge in [0.2, 0.25) is 0 Å². The van der Waals surface area contributed by atoms with Gasteiger partial charge in [-0.05, 0) is 91.0 Å². The molecule has 0 N–H and O–H groups in total. The minimum atomic E-state index is -0.0625. The van der Waals surface area contributed by atoms with E-state index in [-0.39, 0.29) is 5.41 Å². The Labute approximate surface area is 192 Å². The number of terminal acetylenes is 1. The molecule has 0 aliphatic heterocycles. The van der Waals surface area contributed by atoms with Crippen LogP contribution < -0.4 is 4.74 Å². The summed E-state index contributed by atoms with van der Waals surface area (Å²) >= 11 is 0. The van der Waals surface area contributed by atoms with Crippen molar-refractivity contribution >= 4 is 5.78 Å². The van der Waals surface area contributed by atoms with E-state index >= 15 is 0 Å². The smallest absolute Gasteiger partial charge is 0.139 e. The highest BCUT2D eigenvalue weighted by atomic mass is 16.5. The number of fused-ring (bicyclic) bond motifs is 5. The molecule has 0 spiro atoms. The summed E-state index contributed by atoms with van der Waals surface area (Å²) in [6.45, 7) is 2.85. The van der Waals surface area contributed by atoms with Gasteiger partial charge in [0.1, 0.15) is 18.1 Å². The van der Waals surface area contributed by atoms with Crippen molar-refractivity contribution in [2.24, 2.45) is 17.3 Å². The van der Waals surface area contributed by atoms with E-state index in [0.717, 1.165) is 57.1 Å². The molecule has 2 aromatic carbocycles. The Kier molecular flexibility index (Phi) is 5.85. The minimum Gasteiger partial charge on any atom is -0.489 e. The molecule has 5 rings (SSSR count). The van der Waals surface area contributed by atoms with Crippen LogP contribution in [0.5, 0.6) is 5.75 Å². The molecule has 3 aliphatic carbocycles. The fourth-order valence-electron chi connectivity index (χ4n) is 6.86. The van der Waals surface area contributed by atoms with E-state index in [1.807, 2.05) is 6.07 Å². The van der Waals surface area contributed by atoms with Crippen LogP contribution in [0.25, 0.3) is 0 Å². The zero-order chi connectivity index (χ0) is 22.1. The van der Waals surface area contributed by atoms with E-state index in [2.05, 4.69) is 49.2 Å². The molecule has 32 heavy (non-hydrogen) atoms. The van der Waals surface area contributed by atoms with Crippen LogP contribution in [-0.4, -0.2) is 5.78 Å². The van der Waals surface area contributed by atoms with E-state index in [0.29, 0.717) is 30.1 Å². The summed E-state index contributed by atoms with van der Waals surface area (Å²) < 4.78 is 6.36. The summed E-state index contributed by atoms with van der Waals surface area (Å²) in [7, 11) is 0. The number of benzene rings is 2. The van der Waals surface area contributed by atoms with Gasteiger partial charge in [-0.1, -0.05) is 43.3 Å². The maximum Gasteiger partial charge on any atom is 0.139 e. The second-order valence-corrected chi connectivity index (χ2v) is 10.3. The second-order valence-electron chi connectivity index (χ2n) is 10.3. The van der Waals surface area contributed by atoms with Crippen LogP contribution >= 0.6 is 0 Å². The van der Waals surface area contributed by atoms with Crippen LogP contribution in [0.15, 0.2) is 42.5 Å². The van der Waals surface area contributed by atoms with E-state index < -0.39 is 0 Å². The van der Waals surface area contributed by atoms with Crippen LogP contribution in [0, 0.1) is 29.6 Å². The number of hydrogen-bond acceptors (Lipinski definition) is 2. The van der Waals surface area contributed by atoms with E-state index in [9.17, 15) is 4.79 Å². The number of Topliss-reactive ketones (excluding diaryl/α,β-unsaturated/α-hetero) is 1. The lowest BCUT2D eigenvalue weighted by Crippen LogP contribution is -2.42. The molecule has 4 atom stereocenters. The third kappa shape index (κ3) is 3.77. The first-order valence-electron chi connectivity index (χ1n) is 12.4. The molecule has 2 fully saturated rings. The number of rotatable bonds is 6. The molecule has 2 heteroatoms. The summed E-state index contributed by atoms with van der Waals surface area (Å²) in [4.78, 5) is 12.7. The average Bonchev–Trinajstić information content (AvgIpc) is 3.12. The van der Waals surface area contributed by atoms with E-state index in [1.54, 1.807) is 0 Å². The third-order valence-electron chi connectivity index (χ3n) is 8.62. The molecule has 2 nitrogen and oxygen atoms in total. The predicted octanol–water partition coefficient (Wildman–Crippen LogP) is 6.65. The molecule has 0 radical (unpaired) electrons. The fraction of sp³-hybridized carbons (Fsp3) is 0.500. The highest BCUT2D eigenvalue weighted by Crippen LogP contribution is 2.59. The van der Waals surface area contributed by atoms with Gasteiger partial charge in [-0.25, -0.2) is 0 Å². The molecule has 0 amide bonds. The molecule has 0 unspecified atom stereocenters. The summed E-state index contributed by atoms with van der Waals surface area (Å²) in [6.07, 6.45) is 14.7. The third-order valence-corrected chi connectivity index (χ3v) is 8.62. The van der Waals surface area contributed by atoms with Gasteiger partial charge in [-0.15, -0.1) is 12.3 Å². The van der Waals surface area contributed by atoms with Crippen molar-refractivity contribution in [3.8, 4) is 18.1 Å². The molecule has 2 saturated carbocycles. The topological polar surface area (TPSA) is 26.3 Å². The van der Waals surface area contributed by atoms with E-state index in [1.165, 1.54) is 28.7 Å². The predicted molar refractivity (Wildman–Crippen MR) is 129 cm³/mol. The second kappa shape index (κ2) is 8.78. The van der Waals surface area contributed by atoms with Gasteiger partial charge >= 0.3 is 0 Å². The van der Waals surface area contributed by atoms with E-state index in [4.69, 9.17) is 11.2 Å². The summed E-state index contributed by atoms with van der Waals surface area (Å²) in [5.41, 5.74) is 5.42. The van der Waals surface area contributed by atoms with Gasteiger partial charge in [0.15, 0.2) is 0 Å². The molecule has 0 aromatic heterocycles. The zero-order valence-corrected chi connectivity index (χ0v) is 19.2. The molecule has 3 aliphatic rings. The van der Waals surface area contributed by atoms with Crippen molar-refractivity contribution in [3.63, 3.8) is 0 Å². The first-order chi connectivity index (χ1) is 15.6. The molecule has 0 bridgehead atoms. The molecular formula is C30H34O2. The van der Waals surface area contributed by atoms with Crippen LogP contribution in [0.2, 0.25) is 0 Å². The quantitative estimate of drug-likeness (QED) is 0.382. The lowest BCUT2D eigenvalue weighted by molar-refractivity contribution is -0.129. The maximum atomic E-state index is 12.7. The molecule has 2 aromatic rings. The number of carbonyl (C=O) groups excluding carboxylic acids is 1. The van der Waals surface area contributed by atoms with Gasteiger partial charge in [-0.2, -0.15) is 0 Å². The number of ether oxygens (including phenoxy) is 1. The zero-order valence-electron chi connectivity index (χ0n) is 19.2. The highest BCUT2D eigenvalue weighted by molar-refractivity contribution is 5.87. The van der Waals surface area contributed by atoms with Crippen LogP contribution in [-0.2, 0) is 24.2 Å². The lowest BCUT2D eigenvalue weighted by atomic mass is 9.55. The maximum absolute atomic E-state index is 12.7. The fourth-order valence-corrected chi connectivity index (χ4v) is 6.86.